The molecule has 0 aromatic heterocycles. The molecular weight excluding hydrogens is 385 g/mol. The van der Waals surface area contributed by atoms with Gasteiger partial charge in [0, 0.05) is 11.1 Å². The molecule has 0 heterocycles. The molecule has 0 radical (unpaired) electrons. The number of rotatable bonds is 7. The van der Waals surface area contributed by atoms with Crippen LogP contribution in [-0.4, -0.2) is 23.0 Å². The van der Waals surface area contributed by atoms with Crippen LogP contribution in [0.15, 0.2) is 42.5 Å². The van der Waals surface area contributed by atoms with Gasteiger partial charge in [0.05, 0.1) is 22.9 Å². The van der Waals surface area contributed by atoms with E-state index in [2.05, 4.69) is 5.32 Å². The fourth-order valence-electron chi connectivity index (χ4n) is 2.45. The summed E-state index contributed by atoms with van der Waals surface area (Å²) in [4.78, 5) is 23.3. The normalized spacial score (nSPS) is 11.8. The highest BCUT2D eigenvalue weighted by Crippen LogP contribution is 2.22. The Bertz CT molecular complexity index is 780. The third-order valence-corrected chi connectivity index (χ3v) is 4.48. The molecular formula is C18H16Cl3NO3. The van der Waals surface area contributed by atoms with Crippen LogP contribution in [-0.2, 0) is 22.4 Å². The van der Waals surface area contributed by atoms with E-state index in [1.165, 1.54) is 0 Å². The molecule has 2 rings (SSSR count). The number of halogens is 3. The highest BCUT2D eigenvalue weighted by Gasteiger charge is 2.17. The van der Waals surface area contributed by atoms with Crippen LogP contribution in [0.4, 0.5) is 0 Å². The second-order valence-corrected chi connectivity index (χ2v) is 6.87. The quantitative estimate of drug-likeness (QED) is 0.724. The molecule has 0 fully saturated rings. The molecule has 0 bridgehead atoms. The van der Waals surface area contributed by atoms with Gasteiger partial charge in [-0.05, 0) is 41.8 Å². The lowest BCUT2D eigenvalue weighted by atomic mass is 10.0. The van der Waals surface area contributed by atoms with Gasteiger partial charge in [0.25, 0.3) is 0 Å². The first kappa shape index (κ1) is 19.6. The van der Waals surface area contributed by atoms with Gasteiger partial charge in [-0.3, -0.25) is 9.59 Å². The maximum atomic E-state index is 12.3. The Morgan fingerprint density at radius 2 is 1.76 bits per heavy atom. The number of carboxylic acid groups (broad SMARTS) is 1. The van der Waals surface area contributed by atoms with Crippen LogP contribution in [0, 0.1) is 0 Å². The van der Waals surface area contributed by atoms with Gasteiger partial charge in [0.15, 0.2) is 0 Å². The molecule has 4 nitrogen and oxygen atoms in total. The Kier molecular flexibility index (Phi) is 7.12. The topological polar surface area (TPSA) is 66.4 Å². The molecule has 1 atom stereocenters. The van der Waals surface area contributed by atoms with Crippen molar-refractivity contribution in [2.45, 2.75) is 25.3 Å². The number of benzene rings is 2. The standard InChI is InChI=1S/C18H16Cl3NO3/c19-13-3-1-2-11(6-13)7-14(10-18(24)25)22-17(23)9-12-4-5-15(20)16(21)8-12/h1-6,8,14H,7,9-10H2,(H,22,23)(H,24,25)/t14-/m0/s1. The summed E-state index contributed by atoms with van der Waals surface area (Å²) < 4.78 is 0. The van der Waals surface area contributed by atoms with Crippen LogP contribution in [0.2, 0.25) is 15.1 Å². The summed E-state index contributed by atoms with van der Waals surface area (Å²) in [6.07, 6.45) is 0.280. The summed E-state index contributed by atoms with van der Waals surface area (Å²) in [6, 6.07) is 11.5. The van der Waals surface area contributed by atoms with Crippen molar-refractivity contribution < 1.29 is 14.7 Å². The SMILES string of the molecule is O=C(O)C[C@H](Cc1cccc(Cl)c1)NC(=O)Cc1ccc(Cl)c(Cl)c1. The molecule has 132 valence electrons. The monoisotopic (exact) mass is 399 g/mol. The number of hydrogen-bond donors (Lipinski definition) is 2. The summed E-state index contributed by atoms with van der Waals surface area (Å²) >= 11 is 17.7. The average molecular weight is 401 g/mol. The molecule has 0 aliphatic heterocycles. The van der Waals surface area contributed by atoms with Gasteiger partial charge in [-0.15, -0.1) is 0 Å². The predicted molar refractivity (Wildman–Crippen MR) is 99.5 cm³/mol. The van der Waals surface area contributed by atoms with Gasteiger partial charge in [0.2, 0.25) is 5.91 Å². The lowest BCUT2D eigenvalue weighted by Crippen LogP contribution is -2.39. The van der Waals surface area contributed by atoms with Crippen molar-refractivity contribution in [1.29, 1.82) is 0 Å². The third kappa shape index (κ3) is 6.58. The van der Waals surface area contributed by atoms with Crippen molar-refractivity contribution in [3.63, 3.8) is 0 Å². The van der Waals surface area contributed by atoms with E-state index in [1.54, 1.807) is 36.4 Å². The van der Waals surface area contributed by atoms with Crippen LogP contribution < -0.4 is 5.32 Å². The number of amides is 1. The lowest BCUT2D eigenvalue weighted by Gasteiger charge is -2.17. The van der Waals surface area contributed by atoms with Crippen LogP contribution in [0.3, 0.4) is 0 Å². The third-order valence-electron chi connectivity index (χ3n) is 3.51. The molecule has 0 unspecified atom stereocenters. The van der Waals surface area contributed by atoms with Gasteiger partial charge in [0.1, 0.15) is 0 Å². The van der Waals surface area contributed by atoms with Crippen molar-refractivity contribution in [3.05, 3.63) is 68.7 Å². The molecule has 0 spiro atoms. The zero-order valence-electron chi connectivity index (χ0n) is 13.1. The van der Waals surface area contributed by atoms with Crippen LogP contribution in [0.5, 0.6) is 0 Å². The highest BCUT2D eigenvalue weighted by atomic mass is 35.5. The summed E-state index contributed by atoms with van der Waals surface area (Å²) in [6.45, 7) is 0. The number of carbonyl (C=O) groups excluding carboxylic acids is 1. The van der Waals surface area contributed by atoms with E-state index in [0.29, 0.717) is 27.1 Å². The highest BCUT2D eigenvalue weighted by molar-refractivity contribution is 6.42. The number of nitrogens with one attached hydrogen (secondary N) is 1. The predicted octanol–water partition coefficient (Wildman–Crippen LogP) is 4.39. The molecule has 2 aromatic rings. The Morgan fingerprint density at radius 1 is 1.00 bits per heavy atom. The van der Waals surface area contributed by atoms with E-state index in [9.17, 15) is 9.59 Å². The molecule has 0 aliphatic carbocycles. The average Bonchev–Trinajstić information content (AvgIpc) is 2.50. The Morgan fingerprint density at radius 3 is 2.40 bits per heavy atom. The Hall–Kier alpha value is -1.75. The van der Waals surface area contributed by atoms with E-state index in [0.717, 1.165) is 5.56 Å². The van der Waals surface area contributed by atoms with Crippen LogP contribution >= 0.6 is 34.8 Å². The summed E-state index contributed by atoms with van der Waals surface area (Å²) in [7, 11) is 0. The second kappa shape index (κ2) is 9.09. The molecule has 2 aromatic carbocycles. The van der Waals surface area contributed by atoms with Crippen molar-refractivity contribution >= 4 is 46.7 Å². The number of carboxylic acids is 1. The Balaban J connectivity index is 2.03. The van der Waals surface area contributed by atoms with Gasteiger partial charge >= 0.3 is 5.97 Å². The van der Waals surface area contributed by atoms with Crippen LogP contribution in [0.1, 0.15) is 17.5 Å². The second-order valence-electron chi connectivity index (χ2n) is 5.62. The molecule has 0 saturated heterocycles. The van der Waals surface area contributed by atoms with Crippen LogP contribution in [0.25, 0.3) is 0 Å². The largest absolute Gasteiger partial charge is 0.481 e. The number of carbonyl (C=O) groups is 2. The molecule has 2 N–H and O–H groups in total. The first-order chi connectivity index (χ1) is 11.8. The molecule has 0 saturated carbocycles. The van der Waals surface area contributed by atoms with E-state index in [-0.39, 0.29) is 18.7 Å². The Labute approximate surface area is 160 Å². The van der Waals surface area contributed by atoms with Gasteiger partial charge in [-0.1, -0.05) is 53.0 Å². The van der Waals surface area contributed by atoms with Crippen molar-refractivity contribution in [1.82, 2.24) is 5.32 Å². The van der Waals surface area contributed by atoms with E-state index in [4.69, 9.17) is 39.9 Å². The fraction of sp³-hybridized carbons (Fsp3) is 0.222. The zero-order chi connectivity index (χ0) is 18.4. The molecule has 1 amide bonds. The number of aliphatic carboxylic acids is 1. The smallest absolute Gasteiger partial charge is 0.305 e. The van der Waals surface area contributed by atoms with Crippen molar-refractivity contribution in [2.75, 3.05) is 0 Å². The maximum absolute atomic E-state index is 12.3. The lowest BCUT2D eigenvalue weighted by molar-refractivity contribution is -0.137. The van der Waals surface area contributed by atoms with Crippen molar-refractivity contribution in [3.8, 4) is 0 Å². The minimum atomic E-state index is -0.984. The summed E-state index contributed by atoms with van der Waals surface area (Å²) in [5, 5.41) is 13.2. The summed E-state index contributed by atoms with van der Waals surface area (Å²) in [5.74, 6) is -1.27. The summed E-state index contributed by atoms with van der Waals surface area (Å²) in [5.41, 5.74) is 1.55. The maximum Gasteiger partial charge on any atom is 0.305 e. The molecule has 0 aliphatic rings. The van der Waals surface area contributed by atoms with E-state index in [1.807, 2.05) is 6.07 Å². The van der Waals surface area contributed by atoms with E-state index < -0.39 is 12.0 Å². The van der Waals surface area contributed by atoms with Gasteiger partial charge < -0.3 is 10.4 Å². The molecule has 25 heavy (non-hydrogen) atoms. The first-order valence-electron chi connectivity index (χ1n) is 7.53. The number of hydrogen-bond acceptors (Lipinski definition) is 2. The first-order valence-corrected chi connectivity index (χ1v) is 8.66. The minimum Gasteiger partial charge on any atom is -0.481 e. The van der Waals surface area contributed by atoms with E-state index >= 15 is 0 Å². The zero-order valence-corrected chi connectivity index (χ0v) is 15.4. The van der Waals surface area contributed by atoms with Gasteiger partial charge in [-0.25, -0.2) is 0 Å². The molecule has 7 heteroatoms. The minimum absolute atomic E-state index is 0.0859. The van der Waals surface area contributed by atoms with Gasteiger partial charge in [-0.2, -0.15) is 0 Å². The fourth-order valence-corrected chi connectivity index (χ4v) is 2.98. The van der Waals surface area contributed by atoms with Crippen molar-refractivity contribution in [2.24, 2.45) is 0 Å².